The molecular weight excluding hydrogens is 360 g/mol. The van der Waals surface area contributed by atoms with Crippen LogP contribution in [0.25, 0.3) is 0 Å². The van der Waals surface area contributed by atoms with E-state index in [1.807, 2.05) is 11.0 Å². The first kappa shape index (κ1) is 14.7. The van der Waals surface area contributed by atoms with E-state index in [-0.39, 0.29) is 5.91 Å². The van der Waals surface area contributed by atoms with Crippen LogP contribution < -0.4 is 4.90 Å². The van der Waals surface area contributed by atoms with Crippen molar-refractivity contribution in [2.75, 3.05) is 31.1 Å². The predicted octanol–water partition coefficient (Wildman–Crippen LogP) is 2.67. The number of rotatable bonds is 3. The molecule has 1 amide bonds. The lowest BCUT2D eigenvalue weighted by atomic mass is 10.2. The summed E-state index contributed by atoms with van der Waals surface area (Å²) < 4.78 is 5.92. The molecule has 7 heteroatoms. The molecule has 0 radical (unpaired) electrons. The van der Waals surface area contributed by atoms with Gasteiger partial charge in [0.25, 0.3) is 5.91 Å². The molecule has 0 bridgehead atoms. The van der Waals surface area contributed by atoms with Crippen molar-refractivity contribution in [2.24, 2.45) is 0 Å². The first-order valence-electron chi connectivity index (χ1n) is 7.84. The zero-order chi connectivity index (χ0) is 15.8. The molecule has 0 spiro atoms. The molecule has 1 aliphatic heterocycles. The van der Waals surface area contributed by atoms with E-state index in [1.165, 1.54) is 12.8 Å². The fourth-order valence-corrected chi connectivity index (χ4v) is 3.13. The van der Waals surface area contributed by atoms with Crippen molar-refractivity contribution in [3.05, 3.63) is 40.4 Å². The van der Waals surface area contributed by atoms with Crippen LogP contribution in [-0.2, 0) is 0 Å². The minimum Gasteiger partial charge on any atom is -0.444 e. The molecule has 0 unspecified atom stereocenters. The Morgan fingerprint density at radius 3 is 2.43 bits per heavy atom. The molecule has 2 aromatic rings. The predicted molar refractivity (Wildman–Crippen MR) is 88.5 cm³/mol. The van der Waals surface area contributed by atoms with Crippen LogP contribution in [0.4, 0.5) is 5.82 Å². The van der Waals surface area contributed by atoms with Gasteiger partial charge in [0.05, 0.1) is 5.69 Å². The minimum absolute atomic E-state index is 0.0643. The summed E-state index contributed by atoms with van der Waals surface area (Å²) in [6.45, 7) is 2.82. The molecule has 0 N–H and O–H groups in total. The van der Waals surface area contributed by atoms with Gasteiger partial charge in [-0.2, -0.15) is 5.10 Å². The summed E-state index contributed by atoms with van der Waals surface area (Å²) in [5.74, 6) is 1.82. The van der Waals surface area contributed by atoms with Gasteiger partial charge in [-0.05, 0) is 53.0 Å². The van der Waals surface area contributed by atoms with Crippen LogP contribution >= 0.6 is 15.9 Å². The molecule has 2 fully saturated rings. The number of nitrogens with zero attached hydrogens (tertiary/aromatic N) is 4. The first-order valence-corrected chi connectivity index (χ1v) is 8.63. The Labute approximate surface area is 142 Å². The quantitative estimate of drug-likeness (QED) is 0.823. The SMILES string of the molecule is O=C(c1ccc(Br)o1)N1CCN(c2ccc(C3CC3)nn2)CC1. The molecule has 1 aliphatic carbocycles. The van der Waals surface area contributed by atoms with Gasteiger partial charge in [-0.1, -0.05) is 0 Å². The molecule has 1 saturated carbocycles. The van der Waals surface area contributed by atoms with E-state index in [0.717, 1.165) is 24.6 Å². The number of carbonyl (C=O) groups is 1. The number of aromatic nitrogens is 2. The van der Waals surface area contributed by atoms with E-state index >= 15 is 0 Å². The Balaban J connectivity index is 1.37. The van der Waals surface area contributed by atoms with Gasteiger partial charge >= 0.3 is 0 Å². The first-order chi connectivity index (χ1) is 11.2. The van der Waals surface area contributed by atoms with Gasteiger partial charge in [0.15, 0.2) is 16.2 Å². The molecule has 2 aliphatic rings. The van der Waals surface area contributed by atoms with Crippen LogP contribution in [-0.4, -0.2) is 47.2 Å². The summed E-state index contributed by atoms with van der Waals surface area (Å²) >= 11 is 3.22. The average Bonchev–Trinajstić information content (AvgIpc) is 3.36. The molecule has 23 heavy (non-hydrogen) atoms. The Bertz CT molecular complexity index is 703. The molecule has 4 rings (SSSR count). The highest BCUT2D eigenvalue weighted by Gasteiger charge is 2.27. The third kappa shape index (κ3) is 3.10. The van der Waals surface area contributed by atoms with Crippen molar-refractivity contribution in [1.82, 2.24) is 15.1 Å². The monoisotopic (exact) mass is 376 g/mol. The lowest BCUT2D eigenvalue weighted by Crippen LogP contribution is -2.49. The standard InChI is InChI=1S/C16H17BrN4O2/c17-14-5-4-13(23-14)16(22)21-9-7-20(8-10-21)15-6-3-12(18-19-15)11-1-2-11/h3-6,11H,1-2,7-10H2. The topological polar surface area (TPSA) is 62.5 Å². The maximum absolute atomic E-state index is 12.3. The van der Waals surface area contributed by atoms with Crippen LogP contribution in [0, 0.1) is 0 Å². The fraction of sp³-hybridized carbons (Fsp3) is 0.438. The van der Waals surface area contributed by atoms with Crippen molar-refractivity contribution in [1.29, 1.82) is 0 Å². The Kier molecular flexibility index (Phi) is 3.80. The van der Waals surface area contributed by atoms with Gasteiger partial charge < -0.3 is 14.2 Å². The number of hydrogen-bond acceptors (Lipinski definition) is 5. The van der Waals surface area contributed by atoms with Gasteiger partial charge in [-0.25, -0.2) is 0 Å². The smallest absolute Gasteiger partial charge is 0.289 e. The van der Waals surface area contributed by atoms with Crippen LogP contribution in [0.15, 0.2) is 33.4 Å². The summed E-state index contributed by atoms with van der Waals surface area (Å²) in [4.78, 5) is 16.3. The number of furan rings is 1. The third-order valence-corrected chi connectivity index (χ3v) is 4.77. The van der Waals surface area contributed by atoms with Crippen LogP contribution in [0.3, 0.4) is 0 Å². The second-order valence-corrected chi connectivity index (χ2v) is 6.76. The molecule has 0 aromatic carbocycles. The zero-order valence-electron chi connectivity index (χ0n) is 12.6. The van der Waals surface area contributed by atoms with Gasteiger partial charge in [-0.15, -0.1) is 5.10 Å². The normalized spacial score (nSPS) is 18.3. The second kappa shape index (κ2) is 5.96. The average molecular weight is 377 g/mol. The molecule has 3 heterocycles. The maximum Gasteiger partial charge on any atom is 0.289 e. The number of piperazine rings is 1. The van der Waals surface area contributed by atoms with Crippen LogP contribution in [0.5, 0.6) is 0 Å². The molecule has 6 nitrogen and oxygen atoms in total. The summed E-state index contributed by atoms with van der Waals surface area (Å²) in [6, 6.07) is 7.56. The van der Waals surface area contributed by atoms with Crippen molar-refractivity contribution in [3.8, 4) is 0 Å². The summed E-state index contributed by atoms with van der Waals surface area (Å²) in [7, 11) is 0. The lowest BCUT2D eigenvalue weighted by Gasteiger charge is -2.34. The summed E-state index contributed by atoms with van der Waals surface area (Å²) in [5.41, 5.74) is 1.10. The lowest BCUT2D eigenvalue weighted by molar-refractivity contribution is 0.0713. The zero-order valence-corrected chi connectivity index (χ0v) is 14.2. The van der Waals surface area contributed by atoms with Gasteiger partial charge in [0, 0.05) is 32.1 Å². The molecule has 120 valence electrons. The number of carbonyl (C=O) groups excluding carboxylic acids is 1. The molecule has 0 atom stereocenters. The Hall–Kier alpha value is -1.89. The number of halogens is 1. The largest absolute Gasteiger partial charge is 0.444 e. The fourth-order valence-electron chi connectivity index (χ4n) is 2.82. The van der Waals surface area contributed by atoms with E-state index in [1.54, 1.807) is 12.1 Å². The van der Waals surface area contributed by atoms with Crippen LogP contribution in [0.1, 0.15) is 35.0 Å². The van der Waals surface area contributed by atoms with E-state index < -0.39 is 0 Å². The number of hydrogen-bond donors (Lipinski definition) is 0. The molecule has 1 saturated heterocycles. The minimum atomic E-state index is -0.0643. The van der Waals surface area contributed by atoms with E-state index in [9.17, 15) is 4.79 Å². The summed E-state index contributed by atoms with van der Waals surface area (Å²) in [5, 5.41) is 8.67. The van der Waals surface area contributed by atoms with Crippen molar-refractivity contribution in [3.63, 3.8) is 0 Å². The Morgan fingerprint density at radius 2 is 1.87 bits per heavy atom. The Morgan fingerprint density at radius 1 is 1.09 bits per heavy atom. The highest BCUT2D eigenvalue weighted by Crippen LogP contribution is 2.38. The van der Waals surface area contributed by atoms with Crippen molar-refractivity contribution in [2.45, 2.75) is 18.8 Å². The second-order valence-electron chi connectivity index (χ2n) is 5.97. The van der Waals surface area contributed by atoms with Crippen molar-refractivity contribution >= 4 is 27.7 Å². The highest BCUT2D eigenvalue weighted by molar-refractivity contribution is 9.10. The van der Waals surface area contributed by atoms with Gasteiger partial charge in [-0.3, -0.25) is 4.79 Å². The third-order valence-electron chi connectivity index (χ3n) is 4.34. The maximum atomic E-state index is 12.3. The number of anilines is 1. The van der Waals surface area contributed by atoms with Gasteiger partial charge in [0.2, 0.25) is 0 Å². The van der Waals surface area contributed by atoms with E-state index in [4.69, 9.17) is 4.42 Å². The molecule has 2 aromatic heterocycles. The van der Waals surface area contributed by atoms with Gasteiger partial charge in [0.1, 0.15) is 0 Å². The van der Waals surface area contributed by atoms with E-state index in [0.29, 0.717) is 29.4 Å². The number of amides is 1. The molecular formula is C16H17BrN4O2. The van der Waals surface area contributed by atoms with Crippen LogP contribution in [0.2, 0.25) is 0 Å². The van der Waals surface area contributed by atoms with Crippen molar-refractivity contribution < 1.29 is 9.21 Å². The summed E-state index contributed by atoms with van der Waals surface area (Å²) in [6.07, 6.45) is 2.47. The highest BCUT2D eigenvalue weighted by atomic mass is 79.9. The van der Waals surface area contributed by atoms with E-state index in [2.05, 4.69) is 37.1 Å².